The van der Waals surface area contributed by atoms with Crippen LogP contribution < -0.4 is 0 Å². The fourth-order valence-electron chi connectivity index (χ4n) is 8.77. The maximum Gasteiger partial charge on any atom is 0.148 e. The Hall–Kier alpha value is -6.35. The van der Waals surface area contributed by atoms with Crippen LogP contribution in [0.25, 0.3) is 83.9 Å². The van der Waals surface area contributed by atoms with Gasteiger partial charge in [0.1, 0.15) is 11.6 Å². The molecule has 0 spiro atoms. The molecule has 67 heavy (non-hydrogen) atoms. The largest absolute Gasteiger partial charge is 0.507 e. The zero-order valence-corrected chi connectivity index (χ0v) is 42.5. The number of aromatic hydroxyl groups is 1. The minimum atomic E-state index is -1.18. The molecule has 0 amide bonds. The van der Waals surface area contributed by atoms with E-state index in [9.17, 15) is 7.85 Å². The van der Waals surface area contributed by atoms with Crippen LogP contribution in [0.15, 0.2) is 164 Å². The number of imidazole rings is 1. The summed E-state index contributed by atoms with van der Waals surface area (Å²) >= 11 is 0. The van der Waals surface area contributed by atoms with E-state index >= 15 is 0 Å². The van der Waals surface area contributed by atoms with Gasteiger partial charge in [0, 0.05) is 41.3 Å². The maximum atomic E-state index is 12.5. The number of para-hydroxylation sites is 1. The van der Waals surface area contributed by atoms with Gasteiger partial charge in [-0.05, 0) is 98.8 Å². The predicted molar refractivity (Wildman–Crippen MR) is 277 cm³/mol. The Morgan fingerprint density at radius 3 is 1.91 bits per heavy atom. The normalized spacial score (nSPS) is 12.7. The molecule has 0 aliphatic carbocycles. The molecule has 0 unspecified atom stereocenters. The number of fused-ring (bicyclic) bond motifs is 1. The van der Waals surface area contributed by atoms with Crippen molar-refractivity contribution in [3.8, 4) is 78.6 Å². The summed E-state index contributed by atoms with van der Waals surface area (Å²) in [6.07, 6.45) is 1.87. The zero-order valence-electron chi connectivity index (χ0n) is 42.2. The predicted octanol–water partition coefficient (Wildman–Crippen LogP) is 16.8. The number of hydrogen-bond donors (Lipinski definition) is 1. The molecule has 0 radical (unpaired) electrons. The third kappa shape index (κ3) is 9.09. The van der Waals surface area contributed by atoms with Crippen LogP contribution in [0.4, 0.5) is 0 Å². The third-order valence-electron chi connectivity index (χ3n) is 13.8. The molecule has 5 heteroatoms. The number of benzene rings is 7. The van der Waals surface area contributed by atoms with Crippen LogP contribution in [-0.2, 0) is 26.5 Å². The van der Waals surface area contributed by atoms with E-state index in [4.69, 9.17) is 9.97 Å². The molecular weight excluding hydrogens is 998 g/mol. The first-order valence-corrected chi connectivity index (χ1v) is 23.0. The van der Waals surface area contributed by atoms with Crippen LogP contribution in [0, 0.1) is 18.4 Å². The van der Waals surface area contributed by atoms with E-state index in [0.717, 1.165) is 72.5 Å². The van der Waals surface area contributed by atoms with Gasteiger partial charge in [0.2, 0.25) is 0 Å². The fraction of sp³-hybridized carbons (Fsp3) is 0.226. The molecule has 7 aromatic carbocycles. The Bertz CT molecular complexity index is 3320. The van der Waals surface area contributed by atoms with Crippen molar-refractivity contribution in [2.24, 2.45) is 5.41 Å². The molecule has 0 fully saturated rings. The van der Waals surface area contributed by atoms with Crippen LogP contribution in [0.1, 0.15) is 99.1 Å². The van der Waals surface area contributed by atoms with E-state index in [-0.39, 0.29) is 37.6 Å². The van der Waals surface area contributed by atoms with Gasteiger partial charge < -0.3 is 5.11 Å². The van der Waals surface area contributed by atoms with E-state index in [1.807, 2.05) is 50.4 Å². The first kappa shape index (κ1) is 44.5. The fourth-order valence-corrected chi connectivity index (χ4v) is 8.77. The number of aryl methyl sites for hydroxylation is 1. The Kier molecular flexibility index (Phi) is 12.4. The number of aromatic nitrogens is 3. The van der Waals surface area contributed by atoms with Crippen molar-refractivity contribution in [2.45, 2.75) is 86.4 Å². The SMILES string of the molecule is [2H]C(C)(C)c1cc(-c2nc3c(-c4[c-]c(-c5cc(-c6ccc(C)cc6)ccn5)cc(-c5ccccc5)c4)cccc3n2-c2ccc(C(C)(C)C(C)(C)C)cc2-c2ccccc2)c(O)c(C([2H])(C)C)c1.[Pt]. The van der Waals surface area contributed by atoms with Crippen molar-refractivity contribution < 1.29 is 28.9 Å². The van der Waals surface area contributed by atoms with Crippen molar-refractivity contribution >= 4 is 11.0 Å². The quantitative estimate of drug-likeness (QED) is 0.139. The van der Waals surface area contributed by atoms with Gasteiger partial charge in [-0.3, -0.25) is 9.55 Å². The monoisotopic (exact) mass is 1060 g/mol. The Balaban J connectivity index is 0.00000642. The maximum absolute atomic E-state index is 12.5. The number of phenols is 1. The van der Waals surface area contributed by atoms with Gasteiger partial charge in [-0.25, -0.2) is 4.98 Å². The van der Waals surface area contributed by atoms with Crippen LogP contribution in [-0.4, -0.2) is 19.6 Å². The summed E-state index contributed by atoms with van der Waals surface area (Å²) in [5.41, 5.74) is 15.9. The molecule has 9 rings (SSSR count). The second-order valence-electron chi connectivity index (χ2n) is 19.7. The minimum absolute atomic E-state index is 0. The summed E-state index contributed by atoms with van der Waals surface area (Å²) in [5, 5.41) is 12.5. The minimum Gasteiger partial charge on any atom is -0.507 e. The third-order valence-corrected chi connectivity index (χ3v) is 13.8. The van der Waals surface area contributed by atoms with E-state index in [0.29, 0.717) is 22.5 Å². The average molecular weight is 1060 g/mol. The van der Waals surface area contributed by atoms with Crippen LogP contribution in [0.5, 0.6) is 5.75 Å². The van der Waals surface area contributed by atoms with E-state index in [1.54, 1.807) is 13.8 Å². The summed E-state index contributed by atoms with van der Waals surface area (Å²) in [6, 6.07) is 58.4. The second kappa shape index (κ2) is 18.7. The second-order valence-corrected chi connectivity index (χ2v) is 19.7. The van der Waals surface area contributed by atoms with Gasteiger partial charge in [0.15, 0.2) is 0 Å². The molecule has 340 valence electrons. The molecule has 0 aliphatic heterocycles. The van der Waals surface area contributed by atoms with E-state index < -0.39 is 11.8 Å². The molecule has 2 aromatic heterocycles. The van der Waals surface area contributed by atoms with Crippen molar-refractivity contribution in [1.82, 2.24) is 14.5 Å². The Labute approximate surface area is 414 Å². The van der Waals surface area contributed by atoms with Crippen molar-refractivity contribution in [2.75, 3.05) is 0 Å². The molecule has 0 saturated heterocycles. The number of rotatable bonds is 10. The molecule has 0 saturated carbocycles. The number of pyridine rings is 1. The molecular formula is C62H60N3OPt-. The molecule has 0 aliphatic rings. The molecule has 1 N–H and O–H groups in total. The molecule has 9 aromatic rings. The van der Waals surface area contributed by atoms with Gasteiger partial charge >= 0.3 is 0 Å². The smallest absolute Gasteiger partial charge is 0.148 e. The van der Waals surface area contributed by atoms with Crippen molar-refractivity contribution in [1.29, 1.82) is 0 Å². The van der Waals surface area contributed by atoms with E-state index in [2.05, 4.69) is 180 Å². The standard InChI is InChI=1S/C62H60N3O.Pt/c1-39(2)46-35-52(40(3)4)59(66)54(36-46)60-64-58-51(22-17-23-57(58)65(60)56-29-28-50(62(9,10)61(6,7)8)38-53(56)44-20-15-12-16-21-44)48-32-47(42-18-13-11-14-19-42)33-49(34-48)55-37-45(30-31-63-55)43-26-24-41(5)25-27-43;/h11-33,35-40,66H,1-10H3;/q-1;/i39D,40D;. The summed E-state index contributed by atoms with van der Waals surface area (Å²) < 4.78 is 20.6. The van der Waals surface area contributed by atoms with E-state index in [1.165, 1.54) is 11.1 Å². The Morgan fingerprint density at radius 2 is 1.25 bits per heavy atom. The topological polar surface area (TPSA) is 50.9 Å². The van der Waals surface area contributed by atoms with Crippen molar-refractivity contribution in [3.63, 3.8) is 0 Å². The van der Waals surface area contributed by atoms with Gasteiger partial charge in [-0.2, -0.15) is 0 Å². The number of nitrogens with zero attached hydrogens (tertiary/aromatic N) is 3. The summed E-state index contributed by atoms with van der Waals surface area (Å²) in [6.45, 7) is 20.8. The molecule has 4 nitrogen and oxygen atoms in total. The zero-order chi connectivity index (χ0) is 48.3. The molecule has 0 atom stereocenters. The summed E-state index contributed by atoms with van der Waals surface area (Å²) in [4.78, 5) is 10.5. The number of phenolic OH excluding ortho intramolecular Hbond substituents is 1. The number of hydrogen-bond acceptors (Lipinski definition) is 3. The Morgan fingerprint density at radius 1 is 0.597 bits per heavy atom. The van der Waals surface area contributed by atoms with Gasteiger partial charge in [-0.1, -0.05) is 200 Å². The van der Waals surface area contributed by atoms with Gasteiger partial charge in [0.25, 0.3) is 0 Å². The van der Waals surface area contributed by atoms with Crippen LogP contribution in [0.2, 0.25) is 0 Å². The van der Waals surface area contributed by atoms with Gasteiger partial charge in [0.05, 0.1) is 22.3 Å². The van der Waals surface area contributed by atoms with Crippen LogP contribution in [0.3, 0.4) is 0 Å². The first-order valence-electron chi connectivity index (χ1n) is 24.0. The molecule has 0 bridgehead atoms. The molecule has 2 heterocycles. The van der Waals surface area contributed by atoms with Gasteiger partial charge in [-0.15, -0.1) is 23.8 Å². The summed E-state index contributed by atoms with van der Waals surface area (Å²) in [7, 11) is 0. The average Bonchev–Trinajstić information content (AvgIpc) is 3.70. The first-order chi connectivity index (χ1) is 32.2. The van der Waals surface area contributed by atoms with Crippen LogP contribution >= 0.6 is 0 Å². The van der Waals surface area contributed by atoms with Crippen molar-refractivity contribution in [3.05, 3.63) is 192 Å². The summed E-state index contributed by atoms with van der Waals surface area (Å²) in [5.74, 6) is -1.73.